The van der Waals surface area contributed by atoms with E-state index in [1.54, 1.807) is 0 Å². The molecule has 2 heteroatoms. The molecule has 0 unspecified atom stereocenters. The lowest BCUT2D eigenvalue weighted by Gasteiger charge is -2.30. The average Bonchev–Trinajstić information content (AvgIpc) is 3.63. The molecule has 0 amide bonds. The van der Waals surface area contributed by atoms with E-state index in [1.165, 1.54) is 38.6 Å². The maximum Gasteiger partial charge on any atom is 0.136 e. The Balaban J connectivity index is 1.20. The zero-order valence-electron chi connectivity index (χ0n) is 29.6. The molecule has 0 radical (unpaired) electrons. The molecule has 0 aliphatic carbocycles. The summed E-state index contributed by atoms with van der Waals surface area (Å²) >= 11 is 0. The Labute approximate surface area is 314 Å². The van der Waals surface area contributed by atoms with Crippen LogP contribution in [-0.2, 0) is 0 Å². The van der Waals surface area contributed by atoms with Crippen LogP contribution >= 0.6 is 0 Å². The van der Waals surface area contributed by atoms with Crippen molar-refractivity contribution in [3.05, 3.63) is 212 Å². The fraction of sp³-hybridized carbons (Fsp3) is 0. The molecule has 0 N–H and O–H groups in total. The summed E-state index contributed by atoms with van der Waals surface area (Å²) in [4.78, 5) is 2.42. The number of nitrogens with zero attached hydrogens (tertiary/aromatic N) is 1. The number of hydrogen-bond acceptors (Lipinski definition) is 2. The molecule has 9 aromatic carbocycles. The van der Waals surface area contributed by atoms with Crippen molar-refractivity contribution in [3.63, 3.8) is 0 Å². The number of anilines is 3. The van der Waals surface area contributed by atoms with Crippen LogP contribution in [0.1, 0.15) is 0 Å². The van der Waals surface area contributed by atoms with Gasteiger partial charge in [0.05, 0.1) is 11.4 Å². The molecule has 1 heterocycles. The first-order valence-corrected chi connectivity index (χ1v) is 18.4. The van der Waals surface area contributed by atoms with Crippen molar-refractivity contribution >= 4 is 49.8 Å². The van der Waals surface area contributed by atoms with Gasteiger partial charge in [0.25, 0.3) is 0 Å². The van der Waals surface area contributed by atoms with Crippen molar-refractivity contribution in [2.75, 3.05) is 4.90 Å². The van der Waals surface area contributed by atoms with E-state index in [9.17, 15) is 0 Å². The Morgan fingerprint density at radius 3 is 1.61 bits per heavy atom. The molecule has 10 rings (SSSR count). The summed E-state index contributed by atoms with van der Waals surface area (Å²) in [5.74, 6) is 0. The third kappa shape index (κ3) is 5.53. The van der Waals surface area contributed by atoms with Crippen LogP contribution in [0.4, 0.5) is 17.1 Å². The molecule has 0 fully saturated rings. The molecule has 0 aliphatic rings. The highest BCUT2D eigenvalue weighted by Crippen LogP contribution is 2.47. The first-order valence-electron chi connectivity index (χ1n) is 18.4. The van der Waals surface area contributed by atoms with Crippen LogP contribution in [-0.4, -0.2) is 0 Å². The Bertz CT molecular complexity index is 2920. The van der Waals surface area contributed by atoms with E-state index in [2.05, 4.69) is 205 Å². The molecule has 0 spiro atoms. The van der Waals surface area contributed by atoms with Crippen LogP contribution in [0, 0.1) is 0 Å². The fourth-order valence-corrected chi connectivity index (χ4v) is 7.97. The van der Waals surface area contributed by atoms with Crippen LogP contribution in [0.25, 0.3) is 77.2 Å². The molecule has 1 aromatic heterocycles. The van der Waals surface area contributed by atoms with Gasteiger partial charge in [0.15, 0.2) is 0 Å². The van der Waals surface area contributed by atoms with Crippen molar-refractivity contribution in [3.8, 4) is 44.5 Å². The van der Waals surface area contributed by atoms with Crippen LogP contribution < -0.4 is 4.90 Å². The molecule has 2 nitrogen and oxygen atoms in total. The maximum absolute atomic E-state index is 6.39. The van der Waals surface area contributed by atoms with Gasteiger partial charge < -0.3 is 9.32 Å². The Morgan fingerprint density at radius 1 is 0.315 bits per heavy atom. The standard InChI is InChI=1S/C52H35NO/c1-3-15-36(16-4-1)37-29-32-41(33-30-37)53(48-26-10-7-21-42(48)40-31-34-46-45-23-9-12-28-50(45)54-51(46)35-40)49-27-11-8-22-44(49)47-25-14-20-39-19-13-24-43(52(39)47)38-17-5-2-6-18-38/h1-35H. The minimum absolute atomic E-state index is 0.881. The van der Waals surface area contributed by atoms with Crippen molar-refractivity contribution in [1.82, 2.24) is 0 Å². The first-order chi connectivity index (χ1) is 26.8. The van der Waals surface area contributed by atoms with Gasteiger partial charge >= 0.3 is 0 Å². The summed E-state index contributed by atoms with van der Waals surface area (Å²) in [7, 11) is 0. The smallest absolute Gasteiger partial charge is 0.136 e. The number of benzene rings is 9. The third-order valence-corrected chi connectivity index (χ3v) is 10.5. The maximum atomic E-state index is 6.39. The SMILES string of the molecule is c1ccc(-c2ccc(N(c3ccccc3-c3ccc4c(c3)oc3ccccc34)c3ccccc3-c3cccc4cccc(-c5ccccc5)c34)cc2)cc1. The van der Waals surface area contributed by atoms with Gasteiger partial charge in [0.1, 0.15) is 11.2 Å². The molecule has 254 valence electrons. The van der Waals surface area contributed by atoms with Gasteiger partial charge in [-0.2, -0.15) is 0 Å². The Morgan fingerprint density at radius 2 is 0.852 bits per heavy atom. The zero-order chi connectivity index (χ0) is 35.8. The number of hydrogen-bond donors (Lipinski definition) is 0. The second-order valence-corrected chi connectivity index (χ2v) is 13.7. The number of furan rings is 1. The van der Waals surface area contributed by atoms with Crippen LogP contribution in [0.2, 0.25) is 0 Å². The second kappa shape index (κ2) is 13.4. The van der Waals surface area contributed by atoms with Crippen molar-refractivity contribution in [1.29, 1.82) is 0 Å². The van der Waals surface area contributed by atoms with Gasteiger partial charge in [-0.15, -0.1) is 0 Å². The molecule has 10 aromatic rings. The number of rotatable bonds is 7. The summed E-state index contributed by atoms with van der Waals surface area (Å²) in [5.41, 5.74) is 14.4. The summed E-state index contributed by atoms with van der Waals surface area (Å²) in [6, 6.07) is 75.9. The van der Waals surface area contributed by atoms with E-state index in [4.69, 9.17) is 4.42 Å². The zero-order valence-corrected chi connectivity index (χ0v) is 29.6. The van der Waals surface area contributed by atoms with Gasteiger partial charge in [0, 0.05) is 27.6 Å². The average molecular weight is 690 g/mol. The normalized spacial score (nSPS) is 11.3. The van der Waals surface area contributed by atoms with E-state index in [1.807, 2.05) is 12.1 Å². The lowest BCUT2D eigenvalue weighted by atomic mass is 9.90. The topological polar surface area (TPSA) is 16.4 Å². The molecule has 0 atom stereocenters. The van der Waals surface area contributed by atoms with E-state index in [0.29, 0.717) is 0 Å². The first kappa shape index (κ1) is 31.6. The summed E-state index contributed by atoms with van der Waals surface area (Å²) in [5, 5.41) is 4.70. The molecular formula is C52H35NO. The van der Waals surface area contributed by atoms with Gasteiger partial charge in [-0.1, -0.05) is 170 Å². The van der Waals surface area contributed by atoms with E-state index in [0.717, 1.165) is 55.7 Å². The van der Waals surface area contributed by atoms with Gasteiger partial charge in [-0.25, -0.2) is 0 Å². The molecule has 0 aliphatic heterocycles. The van der Waals surface area contributed by atoms with Gasteiger partial charge in [-0.05, 0) is 86.6 Å². The Hall–Kier alpha value is -7.16. The van der Waals surface area contributed by atoms with E-state index in [-0.39, 0.29) is 0 Å². The van der Waals surface area contributed by atoms with E-state index >= 15 is 0 Å². The number of fused-ring (bicyclic) bond motifs is 4. The van der Waals surface area contributed by atoms with Gasteiger partial charge in [-0.3, -0.25) is 0 Å². The predicted molar refractivity (Wildman–Crippen MR) is 228 cm³/mol. The minimum Gasteiger partial charge on any atom is -0.456 e. The predicted octanol–water partition coefficient (Wildman–Crippen LogP) is 14.9. The molecule has 0 saturated carbocycles. The lowest BCUT2D eigenvalue weighted by molar-refractivity contribution is 0.669. The van der Waals surface area contributed by atoms with Crippen LogP contribution in [0.15, 0.2) is 217 Å². The summed E-state index contributed by atoms with van der Waals surface area (Å²) in [6.45, 7) is 0. The largest absolute Gasteiger partial charge is 0.456 e. The molecule has 0 saturated heterocycles. The quantitative estimate of drug-likeness (QED) is 0.166. The molecule has 0 bridgehead atoms. The van der Waals surface area contributed by atoms with Crippen LogP contribution in [0.3, 0.4) is 0 Å². The van der Waals surface area contributed by atoms with Crippen molar-refractivity contribution in [2.24, 2.45) is 0 Å². The van der Waals surface area contributed by atoms with Crippen molar-refractivity contribution in [2.45, 2.75) is 0 Å². The highest BCUT2D eigenvalue weighted by molar-refractivity contribution is 6.10. The monoisotopic (exact) mass is 689 g/mol. The lowest BCUT2D eigenvalue weighted by Crippen LogP contribution is -2.12. The molecular weight excluding hydrogens is 655 g/mol. The van der Waals surface area contributed by atoms with Crippen LogP contribution in [0.5, 0.6) is 0 Å². The second-order valence-electron chi connectivity index (χ2n) is 13.7. The third-order valence-electron chi connectivity index (χ3n) is 10.5. The fourth-order valence-electron chi connectivity index (χ4n) is 7.97. The minimum atomic E-state index is 0.881. The van der Waals surface area contributed by atoms with Crippen molar-refractivity contribution < 1.29 is 4.42 Å². The highest BCUT2D eigenvalue weighted by atomic mass is 16.3. The number of para-hydroxylation sites is 3. The van der Waals surface area contributed by atoms with E-state index < -0.39 is 0 Å². The Kier molecular flexibility index (Phi) is 7.85. The summed E-state index contributed by atoms with van der Waals surface area (Å²) < 4.78 is 6.39. The highest BCUT2D eigenvalue weighted by Gasteiger charge is 2.22. The molecule has 54 heavy (non-hydrogen) atoms. The van der Waals surface area contributed by atoms with Gasteiger partial charge in [0.2, 0.25) is 0 Å². The summed E-state index contributed by atoms with van der Waals surface area (Å²) in [6.07, 6.45) is 0.